The molecule has 1 N–H and O–H groups in total. The topological polar surface area (TPSA) is 72.7 Å². The van der Waals surface area contributed by atoms with Crippen LogP contribution in [0.1, 0.15) is 10.4 Å². The van der Waals surface area contributed by atoms with E-state index < -0.39 is 0 Å². The Bertz CT molecular complexity index is 1060. The summed E-state index contributed by atoms with van der Waals surface area (Å²) in [5, 5.41) is 8.69. The number of aromatic nitrogens is 4. The smallest absolute Gasteiger partial charge is 0.267 e. The van der Waals surface area contributed by atoms with Gasteiger partial charge in [-0.05, 0) is 18.2 Å². The van der Waals surface area contributed by atoms with Gasteiger partial charge in [-0.3, -0.25) is 10.2 Å². The minimum absolute atomic E-state index is 0.285. The summed E-state index contributed by atoms with van der Waals surface area (Å²) in [6.45, 7) is 0. The van der Waals surface area contributed by atoms with Crippen LogP contribution in [0.2, 0.25) is 5.02 Å². The molecular weight excluding hydrogens is 338 g/mol. The van der Waals surface area contributed by atoms with Crippen LogP contribution in [-0.4, -0.2) is 25.8 Å². The molecule has 4 aromatic rings. The number of amides is 1. The van der Waals surface area contributed by atoms with Gasteiger partial charge >= 0.3 is 0 Å². The molecule has 0 unspecified atom stereocenters. The Morgan fingerprint density at radius 2 is 1.72 bits per heavy atom. The van der Waals surface area contributed by atoms with Gasteiger partial charge in [-0.15, -0.1) is 10.2 Å². The number of fused-ring (bicyclic) bond motifs is 1. The van der Waals surface area contributed by atoms with E-state index in [1.54, 1.807) is 12.1 Å². The number of benzene rings is 2. The summed E-state index contributed by atoms with van der Waals surface area (Å²) in [5.74, 6) is -0.285. The number of hydrogen-bond acceptors (Lipinski definition) is 4. The van der Waals surface area contributed by atoms with Crippen molar-refractivity contribution in [3.8, 4) is 11.3 Å². The molecule has 0 atom stereocenters. The fourth-order valence-electron chi connectivity index (χ4n) is 2.61. The highest BCUT2D eigenvalue weighted by Gasteiger charge is 2.15. The van der Waals surface area contributed by atoms with Gasteiger partial charge < -0.3 is 0 Å². The van der Waals surface area contributed by atoms with Gasteiger partial charge in [-0.25, -0.2) is 9.66 Å². The summed E-state index contributed by atoms with van der Waals surface area (Å²) < 4.78 is 1.40. The summed E-state index contributed by atoms with van der Waals surface area (Å²) in [4.78, 5) is 17.4. The molecule has 0 bridgehead atoms. The number of carbonyl (C=O) groups excluding carboxylic acids is 1. The fraction of sp³-hybridized carbons (Fsp3) is 0. The Kier molecular flexibility index (Phi) is 3.87. The second-order valence-corrected chi connectivity index (χ2v) is 5.77. The number of halogens is 1. The molecule has 4 rings (SSSR count). The molecule has 0 saturated heterocycles. The largest absolute Gasteiger partial charge is 0.270 e. The van der Waals surface area contributed by atoms with E-state index in [9.17, 15) is 4.79 Å². The van der Waals surface area contributed by atoms with Gasteiger partial charge in [-0.2, -0.15) is 0 Å². The first-order chi connectivity index (χ1) is 12.2. The molecular formula is C18H12ClN5O. The van der Waals surface area contributed by atoms with Gasteiger partial charge in [0.1, 0.15) is 12.7 Å². The molecule has 0 aliphatic heterocycles. The van der Waals surface area contributed by atoms with Crippen LogP contribution >= 0.6 is 11.6 Å². The van der Waals surface area contributed by atoms with Crippen molar-refractivity contribution in [2.45, 2.75) is 0 Å². The summed E-state index contributed by atoms with van der Waals surface area (Å²) >= 11 is 6.30. The average molecular weight is 350 g/mol. The van der Waals surface area contributed by atoms with Crippen LogP contribution in [0.4, 0.5) is 0 Å². The Morgan fingerprint density at radius 3 is 2.52 bits per heavy atom. The van der Waals surface area contributed by atoms with Crippen molar-refractivity contribution in [1.82, 2.24) is 19.9 Å². The number of rotatable bonds is 3. The van der Waals surface area contributed by atoms with Gasteiger partial charge in [0, 0.05) is 16.0 Å². The maximum atomic E-state index is 12.7. The third-order valence-corrected chi connectivity index (χ3v) is 4.09. The number of hydrogen-bond donors (Lipinski definition) is 1. The first-order valence-electron chi connectivity index (χ1n) is 7.53. The predicted molar refractivity (Wildman–Crippen MR) is 95.9 cm³/mol. The Morgan fingerprint density at radius 1 is 1.00 bits per heavy atom. The maximum Gasteiger partial charge on any atom is 0.270 e. The van der Waals surface area contributed by atoms with Crippen molar-refractivity contribution >= 4 is 28.4 Å². The molecule has 2 aromatic heterocycles. The highest BCUT2D eigenvalue weighted by Crippen LogP contribution is 2.29. The van der Waals surface area contributed by atoms with Gasteiger partial charge in [0.2, 0.25) is 0 Å². The first-order valence-corrected chi connectivity index (χ1v) is 7.91. The van der Waals surface area contributed by atoms with E-state index in [1.165, 1.54) is 17.3 Å². The monoisotopic (exact) mass is 349 g/mol. The number of nitrogens with one attached hydrogen (secondary N) is 1. The zero-order valence-corrected chi connectivity index (χ0v) is 13.7. The fourth-order valence-corrected chi connectivity index (χ4v) is 2.84. The van der Waals surface area contributed by atoms with E-state index in [-0.39, 0.29) is 5.91 Å². The highest BCUT2D eigenvalue weighted by atomic mass is 35.5. The Balaban J connectivity index is 1.87. The van der Waals surface area contributed by atoms with Crippen LogP contribution in [0.25, 0.3) is 22.2 Å². The lowest BCUT2D eigenvalue weighted by molar-refractivity contribution is 0.101. The predicted octanol–water partition coefficient (Wildman–Crippen LogP) is 3.53. The minimum atomic E-state index is -0.285. The molecule has 1 amide bonds. The molecule has 6 nitrogen and oxygen atoms in total. The van der Waals surface area contributed by atoms with Gasteiger partial charge in [0.05, 0.1) is 16.8 Å². The highest BCUT2D eigenvalue weighted by molar-refractivity contribution is 6.33. The molecule has 7 heteroatoms. The van der Waals surface area contributed by atoms with Crippen LogP contribution in [0.5, 0.6) is 0 Å². The second kappa shape index (κ2) is 6.33. The molecule has 2 heterocycles. The quantitative estimate of drug-likeness (QED) is 0.614. The van der Waals surface area contributed by atoms with Crippen molar-refractivity contribution in [3.63, 3.8) is 0 Å². The Hall–Kier alpha value is -3.25. The van der Waals surface area contributed by atoms with Gasteiger partial charge in [0.25, 0.3) is 5.91 Å². The summed E-state index contributed by atoms with van der Waals surface area (Å²) in [5.41, 5.74) is 5.34. The van der Waals surface area contributed by atoms with E-state index in [0.29, 0.717) is 21.8 Å². The van der Waals surface area contributed by atoms with E-state index in [2.05, 4.69) is 20.6 Å². The van der Waals surface area contributed by atoms with Crippen molar-refractivity contribution in [3.05, 3.63) is 77.8 Å². The van der Waals surface area contributed by atoms with Crippen LogP contribution in [-0.2, 0) is 0 Å². The number of carbonyl (C=O) groups is 1. The molecule has 0 fully saturated rings. The lowest BCUT2D eigenvalue weighted by Crippen LogP contribution is -2.22. The van der Waals surface area contributed by atoms with Crippen molar-refractivity contribution in [2.24, 2.45) is 0 Å². The standard InChI is InChI=1S/C18H12ClN5O/c19-15-7-3-1-6-13(15)17-9-14(12-5-2-4-8-16(12)22-17)18(25)23-24-10-20-21-11-24/h1-11H,(H,23,25). The van der Waals surface area contributed by atoms with Crippen molar-refractivity contribution < 1.29 is 4.79 Å². The molecule has 122 valence electrons. The number of pyridine rings is 1. The third-order valence-electron chi connectivity index (χ3n) is 3.76. The molecule has 0 radical (unpaired) electrons. The second-order valence-electron chi connectivity index (χ2n) is 5.36. The molecule has 0 saturated carbocycles. The number of nitrogens with zero attached hydrogens (tertiary/aromatic N) is 4. The molecule has 25 heavy (non-hydrogen) atoms. The van der Waals surface area contributed by atoms with E-state index in [4.69, 9.17) is 11.6 Å². The van der Waals surface area contributed by atoms with Crippen molar-refractivity contribution in [1.29, 1.82) is 0 Å². The molecule has 2 aromatic carbocycles. The average Bonchev–Trinajstić information content (AvgIpc) is 3.14. The van der Waals surface area contributed by atoms with Crippen LogP contribution in [0, 0.1) is 0 Å². The van der Waals surface area contributed by atoms with E-state index in [1.807, 2.05) is 42.5 Å². The minimum Gasteiger partial charge on any atom is -0.267 e. The zero-order valence-electron chi connectivity index (χ0n) is 12.9. The SMILES string of the molecule is O=C(Nn1cnnc1)c1cc(-c2ccccc2Cl)nc2ccccc12. The normalized spacial score (nSPS) is 10.8. The van der Waals surface area contributed by atoms with Crippen LogP contribution in [0.15, 0.2) is 67.3 Å². The lowest BCUT2D eigenvalue weighted by Gasteiger charge is -2.11. The van der Waals surface area contributed by atoms with Crippen molar-refractivity contribution in [2.75, 3.05) is 5.43 Å². The third kappa shape index (κ3) is 2.95. The summed E-state index contributed by atoms with van der Waals surface area (Å²) in [7, 11) is 0. The van der Waals surface area contributed by atoms with E-state index in [0.717, 1.165) is 10.9 Å². The first kappa shape index (κ1) is 15.3. The summed E-state index contributed by atoms with van der Waals surface area (Å²) in [6.07, 6.45) is 2.83. The zero-order chi connectivity index (χ0) is 17.2. The molecule has 0 aliphatic rings. The molecule has 0 aliphatic carbocycles. The summed E-state index contributed by atoms with van der Waals surface area (Å²) in [6, 6.07) is 16.6. The molecule has 0 spiro atoms. The Labute approximate surface area is 148 Å². The maximum absolute atomic E-state index is 12.7. The number of para-hydroxylation sites is 1. The van der Waals surface area contributed by atoms with E-state index >= 15 is 0 Å². The lowest BCUT2D eigenvalue weighted by atomic mass is 10.0. The van der Waals surface area contributed by atoms with Gasteiger partial charge in [0.15, 0.2) is 0 Å². The van der Waals surface area contributed by atoms with Gasteiger partial charge in [-0.1, -0.05) is 48.0 Å². The van der Waals surface area contributed by atoms with Crippen LogP contribution < -0.4 is 5.43 Å². The van der Waals surface area contributed by atoms with Crippen LogP contribution in [0.3, 0.4) is 0 Å².